The summed E-state index contributed by atoms with van der Waals surface area (Å²) in [5, 5.41) is 11.8. The topological polar surface area (TPSA) is 105 Å². The first-order valence-corrected chi connectivity index (χ1v) is 11.3. The number of nitrogens with one attached hydrogen (secondary N) is 1. The zero-order chi connectivity index (χ0) is 23.7. The fraction of sp³-hybridized carbons (Fsp3) is 0.333. The molecule has 4 aromatic rings. The molecule has 10 nitrogen and oxygen atoms in total. The summed E-state index contributed by atoms with van der Waals surface area (Å²) in [5.74, 6) is 0.760. The summed E-state index contributed by atoms with van der Waals surface area (Å²) in [6, 6.07) is 9.73. The van der Waals surface area contributed by atoms with Crippen LogP contribution in [0.1, 0.15) is 23.2 Å². The van der Waals surface area contributed by atoms with E-state index in [2.05, 4.69) is 47.4 Å². The molecule has 0 radical (unpaired) electrons. The number of pyridine rings is 1. The van der Waals surface area contributed by atoms with Gasteiger partial charge in [0.15, 0.2) is 0 Å². The number of benzene rings is 1. The first kappa shape index (κ1) is 21.9. The van der Waals surface area contributed by atoms with Crippen LogP contribution in [0.4, 0.5) is 11.8 Å². The highest BCUT2D eigenvalue weighted by Gasteiger charge is 2.22. The molecule has 10 heteroatoms. The number of hydrogen-bond donors (Lipinski definition) is 1. The molecule has 174 valence electrons. The van der Waals surface area contributed by atoms with Gasteiger partial charge in [-0.1, -0.05) is 17.3 Å². The van der Waals surface area contributed by atoms with Crippen LogP contribution in [-0.2, 0) is 7.05 Å². The van der Waals surface area contributed by atoms with Crippen molar-refractivity contribution in [3.63, 3.8) is 0 Å². The summed E-state index contributed by atoms with van der Waals surface area (Å²) in [5.41, 5.74) is 2.88. The highest BCUT2D eigenvalue weighted by molar-refractivity contribution is 6.04. The van der Waals surface area contributed by atoms with Gasteiger partial charge in [0.1, 0.15) is 11.5 Å². The van der Waals surface area contributed by atoms with E-state index in [9.17, 15) is 4.79 Å². The van der Waals surface area contributed by atoms with E-state index in [1.807, 2.05) is 44.6 Å². The maximum Gasteiger partial charge on any atom is 0.258 e. The average Bonchev–Trinajstić information content (AvgIpc) is 3.30. The number of aryl methyl sites for hydroxylation is 1. The lowest BCUT2D eigenvalue weighted by Gasteiger charge is -2.35. The number of likely N-dealkylation sites (tertiary alicyclic amines) is 1. The Kier molecular flexibility index (Phi) is 5.89. The Hall–Kier alpha value is -3.92. The van der Waals surface area contributed by atoms with Gasteiger partial charge in [0, 0.05) is 49.0 Å². The Morgan fingerprint density at radius 1 is 1.12 bits per heavy atom. The summed E-state index contributed by atoms with van der Waals surface area (Å²) in [6.07, 6.45) is 7.36. The molecule has 5 rings (SSSR count). The van der Waals surface area contributed by atoms with Crippen molar-refractivity contribution in [2.75, 3.05) is 37.4 Å². The van der Waals surface area contributed by atoms with Crippen molar-refractivity contribution in [3.8, 4) is 11.3 Å². The van der Waals surface area contributed by atoms with Crippen molar-refractivity contribution in [2.45, 2.75) is 18.9 Å². The number of hydrogen-bond acceptors (Lipinski definition) is 8. The van der Waals surface area contributed by atoms with Gasteiger partial charge in [-0.25, -0.2) is 15.0 Å². The van der Waals surface area contributed by atoms with Crippen molar-refractivity contribution < 1.29 is 4.79 Å². The average molecular weight is 458 g/mol. The predicted octanol–water partition coefficient (Wildman–Crippen LogP) is 2.60. The Bertz CT molecular complexity index is 1330. The van der Waals surface area contributed by atoms with E-state index in [4.69, 9.17) is 0 Å². The molecule has 0 aliphatic carbocycles. The van der Waals surface area contributed by atoms with E-state index in [0.29, 0.717) is 17.1 Å². The molecule has 3 aromatic heterocycles. The van der Waals surface area contributed by atoms with Crippen LogP contribution in [0.15, 0.2) is 48.9 Å². The summed E-state index contributed by atoms with van der Waals surface area (Å²) < 4.78 is 1.65. The SMILES string of the molecule is CN1CCC(N(C)c2cc(C(=O)Nc3ncc4ccc(-c5cn(C)nn5)cc4n3)ccn2)CC1. The van der Waals surface area contributed by atoms with Gasteiger partial charge in [-0.15, -0.1) is 5.10 Å². The Labute approximate surface area is 197 Å². The Morgan fingerprint density at radius 3 is 2.71 bits per heavy atom. The quantitative estimate of drug-likeness (QED) is 0.488. The maximum absolute atomic E-state index is 13.0. The largest absolute Gasteiger partial charge is 0.357 e. The molecule has 1 aliphatic heterocycles. The first-order valence-electron chi connectivity index (χ1n) is 11.3. The van der Waals surface area contributed by atoms with Crippen LogP contribution >= 0.6 is 0 Å². The number of anilines is 2. The van der Waals surface area contributed by atoms with Gasteiger partial charge in [0.25, 0.3) is 5.91 Å². The molecule has 1 N–H and O–H groups in total. The maximum atomic E-state index is 13.0. The van der Waals surface area contributed by atoms with Crippen molar-refractivity contribution in [3.05, 3.63) is 54.5 Å². The van der Waals surface area contributed by atoms with Gasteiger partial charge in [-0.05, 0) is 51.2 Å². The Morgan fingerprint density at radius 2 is 1.94 bits per heavy atom. The van der Waals surface area contributed by atoms with E-state index >= 15 is 0 Å². The smallest absolute Gasteiger partial charge is 0.258 e. The molecule has 1 aliphatic rings. The van der Waals surface area contributed by atoms with E-state index in [1.165, 1.54) is 0 Å². The molecular formula is C24H27N9O. The lowest BCUT2D eigenvalue weighted by atomic mass is 10.0. The summed E-state index contributed by atoms with van der Waals surface area (Å²) in [6.45, 7) is 2.13. The Balaban J connectivity index is 1.33. The standard InChI is InChI=1S/C24H27N9O/c1-31-10-7-19(8-11-31)33(3)22-13-17(6-9-25-22)23(34)28-24-26-14-18-5-4-16(12-20(18)27-24)21-15-32(2)30-29-21/h4-6,9,12-15,19H,7-8,10-11H2,1-3H3,(H,26,27,28,34). The van der Waals surface area contributed by atoms with Crippen molar-refractivity contribution in [1.82, 2.24) is 34.8 Å². The number of piperidine rings is 1. The lowest BCUT2D eigenvalue weighted by molar-refractivity contribution is 0.102. The minimum absolute atomic E-state index is 0.246. The van der Waals surface area contributed by atoms with Crippen LogP contribution < -0.4 is 10.2 Å². The molecule has 34 heavy (non-hydrogen) atoms. The third kappa shape index (κ3) is 4.58. The van der Waals surface area contributed by atoms with E-state index in [0.717, 1.165) is 48.4 Å². The second-order valence-corrected chi connectivity index (χ2v) is 8.75. The molecule has 1 saturated heterocycles. The second-order valence-electron chi connectivity index (χ2n) is 8.75. The lowest BCUT2D eigenvalue weighted by Crippen LogP contribution is -2.42. The molecule has 0 atom stereocenters. The molecule has 1 fully saturated rings. The van der Waals surface area contributed by atoms with Crippen LogP contribution in [0.25, 0.3) is 22.2 Å². The summed E-state index contributed by atoms with van der Waals surface area (Å²) in [4.78, 5) is 30.8. The van der Waals surface area contributed by atoms with E-state index < -0.39 is 0 Å². The van der Waals surface area contributed by atoms with Crippen LogP contribution in [0.2, 0.25) is 0 Å². The minimum Gasteiger partial charge on any atom is -0.357 e. The van der Waals surface area contributed by atoms with Gasteiger partial charge in [-0.3, -0.25) is 14.8 Å². The van der Waals surface area contributed by atoms with Crippen LogP contribution in [0.3, 0.4) is 0 Å². The molecule has 4 heterocycles. The second kappa shape index (κ2) is 9.14. The van der Waals surface area contributed by atoms with Crippen molar-refractivity contribution in [1.29, 1.82) is 0 Å². The number of nitrogens with zero attached hydrogens (tertiary/aromatic N) is 8. The fourth-order valence-corrected chi connectivity index (χ4v) is 4.22. The number of fused-ring (bicyclic) bond motifs is 1. The number of rotatable bonds is 5. The van der Waals surface area contributed by atoms with Crippen molar-refractivity contribution in [2.24, 2.45) is 7.05 Å². The third-order valence-corrected chi connectivity index (χ3v) is 6.31. The van der Waals surface area contributed by atoms with E-state index in [1.54, 1.807) is 23.1 Å². The number of carbonyl (C=O) groups excluding carboxylic acids is 1. The monoisotopic (exact) mass is 457 g/mol. The fourth-order valence-electron chi connectivity index (χ4n) is 4.22. The van der Waals surface area contributed by atoms with Gasteiger partial charge in [0.05, 0.1) is 11.7 Å². The summed E-state index contributed by atoms with van der Waals surface area (Å²) in [7, 11) is 6.01. The third-order valence-electron chi connectivity index (χ3n) is 6.31. The minimum atomic E-state index is -0.273. The number of amides is 1. The zero-order valence-electron chi connectivity index (χ0n) is 19.5. The zero-order valence-corrected chi connectivity index (χ0v) is 19.5. The molecule has 0 bridgehead atoms. The number of aromatic nitrogens is 6. The van der Waals surface area contributed by atoms with Crippen LogP contribution in [-0.4, -0.2) is 74.0 Å². The van der Waals surface area contributed by atoms with Gasteiger partial charge in [-0.2, -0.15) is 0 Å². The van der Waals surface area contributed by atoms with Crippen molar-refractivity contribution >= 4 is 28.6 Å². The predicted molar refractivity (Wildman–Crippen MR) is 131 cm³/mol. The molecule has 0 spiro atoms. The molecule has 1 amide bonds. The molecular weight excluding hydrogens is 430 g/mol. The normalized spacial score (nSPS) is 14.9. The van der Waals surface area contributed by atoms with Gasteiger partial charge >= 0.3 is 0 Å². The number of carbonyl (C=O) groups is 1. The van der Waals surface area contributed by atoms with Gasteiger partial charge in [0.2, 0.25) is 5.95 Å². The molecule has 1 aromatic carbocycles. The van der Waals surface area contributed by atoms with Crippen LogP contribution in [0.5, 0.6) is 0 Å². The van der Waals surface area contributed by atoms with E-state index in [-0.39, 0.29) is 11.9 Å². The van der Waals surface area contributed by atoms with Crippen LogP contribution in [0, 0.1) is 0 Å². The molecule has 0 unspecified atom stereocenters. The highest BCUT2D eigenvalue weighted by Crippen LogP contribution is 2.23. The first-order chi connectivity index (χ1) is 16.5. The summed E-state index contributed by atoms with van der Waals surface area (Å²) >= 11 is 0. The molecule has 0 saturated carbocycles. The highest BCUT2D eigenvalue weighted by atomic mass is 16.1. The van der Waals surface area contributed by atoms with Gasteiger partial charge < -0.3 is 9.80 Å².